The Morgan fingerprint density at radius 1 is 1.00 bits per heavy atom. The average Bonchev–Trinajstić information content (AvgIpc) is 2.61. The number of hydrogen-bond donors (Lipinski definition) is 1. The van der Waals surface area contributed by atoms with Gasteiger partial charge in [-0.25, -0.2) is 4.79 Å². The number of hydrogen-bond acceptors (Lipinski definition) is 7. The van der Waals surface area contributed by atoms with Crippen LogP contribution in [0.25, 0.3) is 0 Å². The maximum absolute atomic E-state index is 13.3. The van der Waals surface area contributed by atoms with Crippen molar-refractivity contribution < 1.29 is 28.6 Å². The smallest absolute Gasteiger partial charge is 0.338 e. The first-order valence-electron chi connectivity index (χ1n) is 6.86. The maximum Gasteiger partial charge on any atom is 0.338 e. The molecule has 0 aliphatic rings. The summed E-state index contributed by atoms with van der Waals surface area (Å²) in [6.07, 6.45) is 0. The molecule has 0 spiro atoms. The van der Waals surface area contributed by atoms with Crippen molar-refractivity contribution in [1.82, 2.24) is 0 Å². The number of nitro groups is 2. The van der Waals surface area contributed by atoms with Gasteiger partial charge < -0.3 is 10.1 Å². The van der Waals surface area contributed by atoms with Crippen LogP contribution in [0.3, 0.4) is 0 Å². The lowest BCUT2D eigenvalue weighted by Gasteiger charge is -2.07. The zero-order valence-corrected chi connectivity index (χ0v) is 13.1. The highest BCUT2D eigenvalue weighted by molar-refractivity contribution is 6.06. The number of anilines is 1. The molecule has 0 aliphatic carbocycles. The molecule has 2 rings (SSSR count). The molecule has 0 atom stereocenters. The molecule has 0 fully saturated rings. The Hall–Kier alpha value is -3.89. The van der Waals surface area contributed by atoms with Crippen LogP contribution in [-0.4, -0.2) is 28.8 Å². The van der Waals surface area contributed by atoms with Crippen molar-refractivity contribution in [2.45, 2.75) is 0 Å². The summed E-state index contributed by atoms with van der Waals surface area (Å²) in [5, 5.41) is 24.1. The first-order chi connectivity index (χ1) is 12.2. The SMILES string of the molecule is COC(=O)c1ccc(NC(=O)c2ccc(F)c([N+](=O)[O-])c2)c([N+](=O)[O-])c1. The lowest BCUT2D eigenvalue weighted by molar-refractivity contribution is -0.387. The van der Waals surface area contributed by atoms with Gasteiger partial charge in [-0.1, -0.05) is 0 Å². The Labute approximate surface area is 144 Å². The van der Waals surface area contributed by atoms with Gasteiger partial charge in [-0.3, -0.25) is 25.0 Å². The van der Waals surface area contributed by atoms with E-state index >= 15 is 0 Å². The van der Waals surface area contributed by atoms with Crippen molar-refractivity contribution in [3.05, 3.63) is 73.6 Å². The Bertz CT molecular complexity index is 929. The molecular formula is C15H10FN3O7. The van der Waals surface area contributed by atoms with Gasteiger partial charge in [-0.05, 0) is 24.3 Å². The summed E-state index contributed by atoms with van der Waals surface area (Å²) in [5.74, 6) is -2.86. The van der Waals surface area contributed by atoms with Crippen molar-refractivity contribution in [2.24, 2.45) is 0 Å². The number of esters is 1. The minimum absolute atomic E-state index is 0.102. The van der Waals surface area contributed by atoms with Crippen LogP contribution in [-0.2, 0) is 4.74 Å². The topological polar surface area (TPSA) is 142 Å². The second-order valence-corrected chi connectivity index (χ2v) is 4.86. The number of rotatable bonds is 5. The van der Waals surface area contributed by atoms with Gasteiger partial charge in [0, 0.05) is 17.7 Å². The summed E-state index contributed by atoms with van der Waals surface area (Å²) in [6, 6.07) is 5.66. The third kappa shape index (κ3) is 3.77. The van der Waals surface area contributed by atoms with Gasteiger partial charge in [0.1, 0.15) is 5.69 Å². The molecule has 0 heterocycles. The van der Waals surface area contributed by atoms with Crippen LogP contribution < -0.4 is 5.32 Å². The molecule has 1 amide bonds. The van der Waals surface area contributed by atoms with Gasteiger partial charge in [0.15, 0.2) is 0 Å². The first kappa shape index (κ1) is 18.4. The molecule has 10 nitrogen and oxygen atoms in total. The molecule has 2 aromatic carbocycles. The highest BCUT2D eigenvalue weighted by Gasteiger charge is 2.22. The summed E-state index contributed by atoms with van der Waals surface area (Å²) >= 11 is 0. The van der Waals surface area contributed by atoms with E-state index < -0.39 is 38.9 Å². The Morgan fingerprint density at radius 2 is 1.58 bits per heavy atom. The zero-order chi connectivity index (χ0) is 19.4. The summed E-state index contributed by atoms with van der Waals surface area (Å²) < 4.78 is 17.8. The molecule has 0 bridgehead atoms. The highest BCUT2D eigenvalue weighted by Crippen LogP contribution is 2.27. The number of methoxy groups -OCH3 is 1. The average molecular weight is 363 g/mol. The van der Waals surface area contributed by atoms with Crippen LogP contribution in [0, 0.1) is 26.0 Å². The van der Waals surface area contributed by atoms with E-state index in [1.165, 1.54) is 6.07 Å². The van der Waals surface area contributed by atoms with Gasteiger partial charge in [0.2, 0.25) is 5.82 Å². The molecule has 26 heavy (non-hydrogen) atoms. The van der Waals surface area contributed by atoms with Crippen molar-refractivity contribution in [2.75, 3.05) is 12.4 Å². The van der Waals surface area contributed by atoms with Crippen LogP contribution in [0.15, 0.2) is 36.4 Å². The fraction of sp³-hybridized carbons (Fsp3) is 0.0667. The monoisotopic (exact) mass is 363 g/mol. The zero-order valence-electron chi connectivity index (χ0n) is 13.1. The van der Waals surface area contributed by atoms with Crippen LogP contribution in [0.5, 0.6) is 0 Å². The lowest BCUT2D eigenvalue weighted by atomic mass is 10.1. The lowest BCUT2D eigenvalue weighted by Crippen LogP contribution is -2.14. The molecule has 0 aromatic heterocycles. The molecule has 11 heteroatoms. The van der Waals surface area contributed by atoms with E-state index in [2.05, 4.69) is 10.1 Å². The number of halogens is 1. The number of nitrogens with one attached hydrogen (secondary N) is 1. The number of nitro benzene ring substituents is 2. The third-order valence-corrected chi connectivity index (χ3v) is 3.27. The van der Waals surface area contributed by atoms with E-state index in [1.54, 1.807) is 0 Å². The number of carbonyl (C=O) groups is 2. The normalized spacial score (nSPS) is 10.1. The molecule has 0 aliphatic heterocycles. The van der Waals surface area contributed by atoms with Gasteiger partial charge in [0.25, 0.3) is 11.6 Å². The van der Waals surface area contributed by atoms with Gasteiger partial charge >= 0.3 is 11.7 Å². The molecule has 0 saturated heterocycles. The van der Waals surface area contributed by atoms with Crippen LogP contribution in [0.2, 0.25) is 0 Å². The summed E-state index contributed by atoms with van der Waals surface area (Å²) in [6.45, 7) is 0. The minimum Gasteiger partial charge on any atom is -0.465 e. The van der Waals surface area contributed by atoms with E-state index in [9.17, 15) is 34.2 Å². The van der Waals surface area contributed by atoms with Crippen molar-refractivity contribution in [1.29, 1.82) is 0 Å². The van der Waals surface area contributed by atoms with Gasteiger partial charge in [-0.2, -0.15) is 4.39 Å². The maximum atomic E-state index is 13.3. The van der Waals surface area contributed by atoms with Gasteiger partial charge in [-0.15, -0.1) is 0 Å². The largest absolute Gasteiger partial charge is 0.465 e. The predicted molar refractivity (Wildman–Crippen MR) is 85.4 cm³/mol. The second-order valence-electron chi connectivity index (χ2n) is 4.86. The number of amides is 1. The van der Waals surface area contributed by atoms with E-state index in [-0.39, 0.29) is 16.8 Å². The van der Waals surface area contributed by atoms with Gasteiger partial charge in [0.05, 0.1) is 22.5 Å². The Kier molecular flexibility index (Phi) is 5.21. The van der Waals surface area contributed by atoms with Crippen molar-refractivity contribution >= 4 is 28.9 Å². The standard InChI is InChI=1S/C15H10FN3O7/c1-26-15(21)9-3-5-11(13(7-9)19(24)25)17-14(20)8-2-4-10(16)12(6-8)18(22)23/h2-7H,1H3,(H,17,20). The number of carbonyl (C=O) groups excluding carboxylic acids is 2. The summed E-state index contributed by atoms with van der Waals surface area (Å²) in [7, 11) is 1.10. The number of ether oxygens (including phenoxy) is 1. The molecule has 0 saturated carbocycles. The quantitative estimate of drug-likeness (QED) is 0.489. The van der Waals surface area contributed by atoms with Crippen molar-refractivity contribution in [3.63, 3.8) is 0 Å². The van der Waals surface area contributed by atoms with E-state index in [4.69, 9.17) is 0 Å². The van der Waals surface area contributed by atoms with E-state index in [0.717, 1.165) is 31.4 Å². The molecular weight excluding hydrogens is 353 g/mol. The Balaban J connectivity index is 2.37. The summed E-state index contributed by atoms with van der Waals surface area (Å²) in [4.78, 5) is 43.7. The van der Waals surface area contributed by atoms with Crippen LogP contribution in [0.1, 0.15) is 20.7 Å². The van der Waals surface area contributed by atoms with Crippen LogP contribution in [0.4, 0.5) is 21.5 Å². The number of nitrogens with zero attached hydrogens (tertiary/aromatic N) is 2. The third-order valence-electron chi connectivity index (χ3n) is 3.27. The predicted octanol–water partition coefficient (Wildman–Crippen LogP) is 2.68. The fourth-order valence-corrected chi connectivity index (χ4v) is 2.02. The van der Waals surface area contributed by atoms with Crippen molar-refractivity contribution in [3.8, 4) is 0 Å². The second kappa shape index (κ2) is 7.34. The molecule has 0 unspecified atom stereocenters. The Morgan fingerprint density at radius 3 is 2.15 bits per heavy atom. The molecule has 1 N–H and O–H groups in total. The first-order valence-corrected chi connectivity index (χ1v) is 6.86. The molecule has 2 aromatic rings. The summed E-state index contributed by atoms with van der Waals surface area (Å²) in [5.41, 5.74) is -2.12. The molecule has 0 radical (unpaired) electrons. The van der Waals surface area contributed by atoms with Crippen LogP contribution >= 0.6 is 0 Å². The minimum atomic E-state index is -1.13. The molecule has 134 valence electrons. The van der Waals surface area contributed by atoms with E-state index in [0.29, 0.717) is 6.07 Å². The fourth-order valence-electron chi connectivity index (χ4n) is 2.02. The number of benzene rings is 2. The highest BCUT2D eigenvalue weighted by atomic mass is 19.1. The van der Waals surface area contributed by atoms with E-state index in [1.807, 2.05) is 0 Å².